The Hall–Kier alpha value is -2.02. The summed E-state index contributed by atoms with van der Waals surface area (Å²) in [6.45, 7) is 1.65. The van der Waals surface area contributed by atoms with Gasteiger partial charge in [-0.2, -0.15) is 0 Å². The van der Waals surface area contributed by atoms with Crippen molar-refractivity contribution in [1.82, 2.24) is 10.9 Å². The first-order valence-corrected chi connectivity index (χ1v) is 8.66. The summed E-state index contributed by atoms with van der Waals surface area (Å²) < 4.78 is 0.799. The molecule has 0 aromatic heterocycles. The van der Waals surface area contributed by atoms with E-state index in [0.717, 1.165) is 4.47 Å². The zero-order valence-electron chi connectivity index (χ0n) is 13.1. The van der Waals surface area contributed by atoms with Gasteiger partial charge in [-0.05, 0) is 43.3 Å². The molecule has 0 heterocycles. The largest absolute Gasteiger partial charge is 0.322 e. The maximum absolute atomic E-state index is 12.0. The molecule has 0 atom stereocenters. The Bertz CT molecular complexity index is 840. The Balaban J connectivity index is 1.90. The maximum Gasteiger partial charge on any atom is 0.269 e. The summed E-state index contributed by atoms with van der Waals surface area (Å²) in [4.78, 5) is 24.0. The van der Waals surface area contributed by atoms with Gasteiger partial charge in [0.1, 0.15) is 0 Å². The van der Waals surface area contributed by atoms with Crippen LogP contribution in [0, 0.1) is 0 Å². The van der Waals surface area contributed by atoms with Crippen LogP contribution in [0.25, 0.3) is 0 Å². The molecular formula is C17H14BrCl2N3O2. The van der Waals surface area contributed by atoms with E-state index in [0.29, 0.717) is 27.0 Å². The van der Waals surface area contributed by atoms with Gasteiger partial charge in [0.05, 0.1) is 10.0 Å². The fourth-order valence-electron chi connectivity index (χ4n) is 1.84. The predicted molar refractivity (Wildman–Crippen MR) is 104 cm³/mol. The number of hydrogen-bond acceptors (Lipinski definition) is 3. The first-order valence-electron chi connectivity index (χ1n) is 7.11. The minimum atomic E-state index is -0.375. The van der Waals surface area contributed by atoms with Crippen molar-refractivity contribution in [3.05, 3.63) is 74.3 Å². The summed E-state index contributed by atoms with van der Waals surface area (Å²) in [7, 11) is 0. The van der Waals surface area contributed by atoms with Crippen LogP contribution in [0.4, 0.5) is 5.69 Å². The standard InChI is InChI=1S/C17H14BrCl2N3O2/c1-10(22-23-17(25)11-3-2-4-12(18)8-11)7-16(24)21-13-5-6-14(19)15(20)9-13/h2-9,22H,1H3,(H,21,24)(H,23,25). The van der Waals surface area contributed by atoms with Crippen molar-refractivity contribution in [2.24, 2.45) is 0 Å². The number of carbonyl (C=O) groups excluding carboxylic acids is 2. The van der Waals surface area contributed by atoms with E-state index in [-0.39, 0.29) is 11.8 Å². The number of anilines is 1. The molecule has 5 nitrogen and oxygen atoms in total. The molecule has 0 aliphatic heterocycles. The SMILES string of the molecule is CC(=CC(=O)Nc1ccc(Cl)c(Cl)c1)NNC(=O)c1cccc(Br)c1. The predicted octanol–water partition coefficient (Wildman–Crippen LogP) is 4.53. The quantitative estimate of drug-likeness (QED) is 0.470. The molecule has 0 spiro atoms. The maximum atomic E-state index is 12.0. The lowest BCUT2D eigenvalue weighted by Gasteiger charge is -2.09. The van der Waals surface area contributed by atoms with Gasteiger partial charge < -0.3 is 10.7 Å². The lowest BCUT2D eigenvalue weighted by atomic mass is 10.2. The second-order valence-electron chi connectivity index (χ2n) is 5.03. The molecule has 2 aromatic rings. The number of hydrogen-bond donors (Lipinski definition) is 3. The third kappa shape index (κ3) is 6.08. The lowest BCUT2D eigenvalue weighted by Crippen LogP contribution is -2.36. The third-order valence-corrected chi connectivity index (χ3v) is 4.23. The molecule has 0 saturated heterocycles. The Morgan fingerprint density at radius 1 is 1.04 bits per heavy atom. The molecule has 2 aromatic carbocycles. The van der Waals surface area contributed by atoms with Crippen molar-refractivity contribution in [1.29, 1.82) is 0 Å². The van der Waals surface area contributed by atoms with Gasteiger partial charge in [-0.1, -0.05) is 45.2 Å². The van der Waals surface area contributed by atoms with Crippen molar-refractivity contribution in [2.75, 3.05) is 5.32 Å². The monoisotopic (exact) mass is 441 g/mol. The molecule has 0 bridgehead atoms. The van der Waals surface area contributed by atoms with Gasteiger partial charge in [-0.25, -0.2) is 0 Å². The molecular weight excluding hydrogens is 429 g/mol. The fraction of sp³-hybridized carbons (Fsp3) is 0.0588. The first kappa shape index (κ1) is 19.3. The highest BCUT2D eigenvalue weighted by atomic mass is 79.9. The fourth-order valence-corrected chi connectivity index (χ4v) is 2.54. The van der Waals surface area contributed by atoms with Crippen molar-refractivity contribution in [3.8, 4) is 0 Å². The van der Waals surface area contributed by atoms with Crippen molar-refractivity contribution >= 4 is 56.6 Å². The van der Waals surface area contributed by atoms with Gasteiger partial charge in [0.15, 0.2) is 0 Å². The summed E-state index contributed by atoms with van der Waals surface area (Å²) in [5.74, 6) is -0.695. The van der Waals surface area contributed by atoms with Crippen molar-refractivity contribution < 1.29 is 9.59 Å². The van der Waals surface area contributed by atoms with Gasteiger partial charge in [-0.15, -0.1) is 0 Å². The summed E-state index contributed by atoms with van der Waals surface area (Å²) in [6.07, 6.45) is 1.31. The van der Waals surface area contributed by atoms with E-state index >= 15 is 0 Å². The zero-order valence-corrected chi connectivity index (χ0v) is 16.2. The molecule has 0 radical (unpaired) electrons. The molecule has 0 saturated carbocycles. The summed E-state index contributed by atoms with van der Waals surface area (Å²) >= 11 is 15.0. The van der Waals surface area contributed by atoms with E-state index in [1.165, 1.54) is 6.08 Å². The van der Waals surface area contributed by atoms with Gasteiger partial charge in [0.2, 0.25) is 5.91 Å². The first-order chi connectivity index (χ1) is 11.8. The number of benzene rings is 2. The average Bonchev–Trinajstić information content (AvgIpc) is 2.56. The molecule has 8 heteroatoms. The topological polar surface area (TPSA) is 70.2 Å². The second-order valence-corrected chi connectivity index (χ2v) is 6.77. The molecule has 0 unspecified atom stereocenters. The highest BCUT2D eigenvalue weighted by Crippen LogP contribution is 2.24. The number of amides is 2. The van der Waals surface area contributed by atoms with Crippen LogP contribution in [0.2, 0.25) is 10.0 Å². The Morgan fingerprint density at radius 2 is 1.80 bits per heavy atom. The molecule has 2 rings (SSSR count). The van der Waals surface area contributed by atoms with Crippen LogP contribution in [0.1, 0.15) is 17.3 Å². The Morgan fingerprint density at radius 3 is 2.48 bits per heavy atom. The minimum Gasteiger partial charge on any atom is -0.322 e. The highest BCUT2D eigenvalue weighted by Gasteiger charge is 2.06. The molecule has 0 aliphatic rings. The number of hydrazine groups is 1. The van der Waals surface area contributed by atoms with Crippen LogP contribution < -0.4 is 16.2 Å². The van der Waals surface area contributed by atoms with Gasteiger partial charge in [-0.3, -0.25) is 15.0 Å². The molecule has 0 aliphatic carbocycles. The van der Waals surface area contributed by atoms with Crippen LogP contribution in [-0.2, 0) is 4.79 Å². The summed E-state index contributed by atoms with van der Waals surface area (Å²) in [5, 5.41) is 3.40. The molecule has 25 heavy (non-hydrogen) atoms. The van der Waals surface area contributed by atoms with Gasteiger partial charge in [0, 0.05) is 27.5 Å². The zero-order chi connectivity index (χ0) is 18.4. The normalized spacial score (nSPS) is 11.0. The van der Waals surface area contributed by atoms with E-state index in [9.17, 15) is 9.59 Å². The molecule has 3 N–H and O–H groups in total. The number of halogens is 3. The smallest absolute Gasteiger partial charge is 0.269 e. The summed E-state index contributed by atoms with van der Waals surface area (Å²) in [6, 6.07) is 11.7. The van der Waals surface area contributed by atoms with E-state index < -0.39 is 0 Å². The average molecular weight is 443 g/mol. The molecule has 2 amide bonds. The van der Waals surface area contributed by atoms with Crippen LogP contribution in [0.3, 0.4) is 0 Å². The summed E-state index contributed by atoms with van der Waals surface area (Å²) in [5.41, 5.74) is 6.65. The van der Waals surface area contributed by atoms with Crippen LogP contribution in [-0.4, -0.2) is 11.8 Å². The lowest BCUT2D eigenvalue weighted by molar-refractivity contribution is -0.112. The van der Waals surface area contributed by atoms with Crippen LogP contribution >= 0.6 is 39.1 Å². The number of nitrogens with one attached hydrogen (secondary N) is 3. The Labute approximate surface area is 163 Å². The van der Waals surface area contributed by atoms with Crippen molar-refractivity contribution in [2.45, 2.75) is 6.92 Å². The van der Waals surface area contributed by atoms with E-state index in [1.807, 2.05) is 6.07 Å². The third-order valence-electron chi connectivity index (χ3n) is 2.99. The second kappa shape index (κ2) is 8.89. The number of rotatable bonds is 5. The van der Waals surface area contributed by atoms with E-state index in [4.69, 9.17) is 23.2 Å². The van der Waals surface area contributed by atoms with Crippen molar-refractivity contribution in [3.63, 3.8) is 0 Å². The minimum absolute atomic E-state index is 0.320. The van der Waals surface area contributed by atoms with Gasteiger partial charge in [0.25, 0.3) is 5.91 Å². The Kier molecular flexibility index (Phi) is 6.87. The van der Waals surface area contributed by atoms with Crippen LogP contribution in [0.15, 0.2) is 58.7 Å². The van der Waals surface area contributed by atoms with E-state index in [2.05, 4.69) is 32.1 Å². The number of carbonyl (C=O) groups is 2. The van der Waals surface area contributed by atoms with Gasteiger partial charge >= 0.3 is 0 Å². The van der Waals surface area contributed by atoms with Crippen LogP contribution in [0.5, 0.6) is 0 Å². The highest BCUT2D eigenvalue weighted by molar-refractivity contribution is 9.10. The van der Waals surface area contributed by atoms with E-state index in [1.54, 1.807) is 43.3 Å². The molecule has 130 valence electrons. The molecule has 0 fully saturated rings. The number of allylic oxidation sites excluding steroid dienone is 1.